The van der Waals surface area contributed by atoms with Crippen LogP contribution in [0.5, 0.6) is 0 Å². The highest BCUT2D eigenvalue weighted by atomic mass is 19.2. The van der Waals surface area contributed by atoms with Gasteiger partial charge in [-0.2, -0.15) is 0 Å². The van der Waals surface area contributed by atoms with E-state index in [1.807, 2.05) is 4.90 Å². The zero-order valence-electron chi connectivity index (χ0n) is 24.6. The van der Waals surface area contributed by atoms with Crippen LogP contribution < -0.4 is 15.1 Å². The number of amides is 2. The fraction of sp³-hybridized carbons (Fsp3) is 0.419. The molecular weight excluding hydrogens is 615 g/mol. The van der Waals surface area contributed by atoms with Crippen LogP contribution in [0.25, 0.3) is 0 Å². The van der Waals surface area contributed by atoms with E-state index in [9.17, 15) is 36.6 Å². The normalized spacial score (nSPS) is 24.0. The molecular formula is C31H31F5N6O4. The predicted octanol–water partition coefficient (Wildman–Crippen LogP) is 3.00. The summed E-state index contributed by atoms with van der Waals surface area (Å²) in [4.78, 5) is 40.0. The molecule has 46 heavy (non-hydrogen) atoms. The molecule has 2 aromatic carbocycles. The molecule has 1 unspecified atom stereocenters. The number of halogens is 5. The summed E-state index contributed by atoms with van der Waals surface area (Å²) in [6, 6.07) is 4.61. The third kappa shape index (κ3) is 6.26. The lowest BCUT2D eigenvalue weighted by atomic mass is 9.97. The zero-order valence-corrected chi connectivity index (χ0v) is 24.6. The van der Waals surface area contributed by atoms with Crippen molar-refractivity contribution in [2.45, 2.75) is 43.6 Å². The van der Waals surface area contributed by atoms with Crippen molar-refractivity contribution in [3.05, 3.63) is 82.9 Å². The van der Waals surface area contributed by atoms with Gasteiger partial charge in [-0.15, -0.1) is 0 Å². The van der Waals surface area contributed by atoms with Gasteiger partial charge in [0.05, 0.1) is 30.8 Å². The second-order valence-electron chi connectivity index (χ2n) is 11.6. The van der Waals surface area contributed by atoms with Crippen molar-refractivity contribution < 1.29 is 41.4 Å². The lowest BCUT2D eigenvalue weighted by Crippen LogP contribution is -2.53. The molecule has 1 aromatic heterocycles. The van der Waals surface area contributed by atoms with E-state index in [1.165, 1.54) is 18.5 Å². The molecule has 0 bridgehead atoms. The van der Waals surface area contributed by atoms with Gasteiger partial charge in [-0.3, -0.25) is 14.5 Å². The van der Waals surface area contributed by atoms with Gasteiger partial charge in [0.2, 0.25) is 11.5 Å². The summed E-state index contributed by atoms with van der Waals surface area (Å²) in [5, 5.41) is 13.0. The molecule has 244 valence electrons. The predicted molar refractivity (Wildman–Crippen MR) is 154 cm³/mol. The molecule has 6 rings (SSSR count). The minimum absolute atomic E-state index is 0.0245. The van der Waals surface area contributed by atoms with E-state index >= 15 is 0 Å². The SMILES string of the molecule is O=C(NCc1cc(F)cc(F)c1F)C1(O)CCN(c2cnc(N3CCN([C@@H]4CC[C@@H](c5cc(F)ccc5F)OC4)CC3)nc2)C1=O. The number of aromatic nitrogens is 2. The second kappa shape index (κ2) is 12.9. The van der Waals surface area contributed by atoms with Gasteiger partial charge in [0, 0.05) is 68.9 Å². The van der Waals surface area contributed by atoms with Gasteiger partial charge in [0.15, 0.2) is 11.6 Å². The molecule has 3 fully saturated rings. The number of nitrogens with zero attached hydrogens (tertiary/aromatic N) is 5. The van der Waals surface area contributed by atoms with E-state index in [0.717, 1.165) is 23.5 Å². The van der Waals surface area contributed by atoms with Crippen LogP contribution >= 0.6 is 0 Å². The number of piperazine rings is 1. The fourth-order valence-corrected chi connectivity index (χ4v) is 6.16. The average Bonchev–Trinajstić information content (AvgIpc) is 3.37. The number of benzene rings is 2. The molecule has 2 amide bonds. The first kappa shape index (κ1) is 31.8. The quantitative estimate of drug-likeness (QED) is 0.229. The Hall–Kier alpha value is -4.21. The van der Waals surface area contributed by atoms with Gasteiger partial charge in [-0.1, -0.05) is 0 Å². The van der Waals surface area contributed by atoms with Gasteiger partial charge < -0.3 is 25.0 Å². The Balaban J connectivity index is 1.000. The summed E-state index contributed by atoms with van der Waals surface area (Å²) in [5.41, 5.74) is -2.44. The van der Waals surface area contributed by atoms with Gasteiger partial charge in [-0.05, 0) is 37.1 Å². The van der Waals surface area contributed by atoms with E-state index in [2.05, 4.69) is 20.2 Å². The number of nitrogens with one attached hydrogen (secondary N) is 1. The third-order valence-corrected chi connectivity index (χ3v) is 8.79. The maximum absolute atomic E-state index is 14.2. The Bertz CT molecular complexity index is 1620. The molecule has 0 radical (unpaired) electrons. The lowest BCUT2D eigenvalue weighted by molar-refractivity contribution is -0.149. The van der Waals surface area contributed by atoms with Crippen LogP contribution in [0.1, 0.15) is 36.5 Å². The van der Waals surface area contributed by atoms with Crippen LogP contribution in [0.4, 0.5) is 33.6 Å². The number of carbonyl (C=O) groups excluding carboxylic acids is 2. The van der Waals surface area contributed by atoms with Crippen molar-refractivity contribution >= 4 is 23.5 Å². The highest BCUT2D eigenvalue weighted by Crippen LogP contribution is 2.33. The Morgan fingerprint density at radius 2 is 1.70 bits per heavy atom. The van der Waals surface area contributed by atoms with Crippen molar-refractivity contribution in [1.82, 2.24) is 20.2 Å². The molecule has 3 aliphatic heterocycles. The number of anilines is 2. The molecule has 0 saturated carbocycles. The smallest absolute Gasteiger partial charge is 0.268 e. The van der Waals surface area contributed by atoms with Gasteiger partial charge in [-0.25, -0.2) is 31.9 Å². The first-order valence-electron chi connectivity index (χ1n) is 14.9. The molecule has 4 heterocycles. The molecule has 3 aliphatic rings. The van der Waals surface area contributed by atoms with E-state index < -0.39 is 64.7 Å². The second-order valence-corrected chi connectivity index (χ2v) is 11.6. The molecule has 15 heteroatoms. The summed E-state index contributed by atoms with van der Waals surface area (Å²) in [6.45, 7) is 2.40. The van der Waals surface area contributed by atoms with Gasteiger partial charge >= 0.3 is 0 Å². The third-order valence-electron chi connectivity index (χ3n) is 8.79. The van der Waals surface area contributed by atoms with Crippen LogP contribution in [-0.2, 0) is 20.9 Å². The summed E-state index contributed by atoms with van der Waals surface area (Å²) >= 11 is 0. The molecule has 0 aliphatic carbocycles. The Kier molecular flexibility index (Phi) is 8.90. The van der Waals surface area contributed by atoms with Crippen LogP contribution in [-0.4, -0.2) is 82.8 Å². The topological polar surface area (TPSA) is 111 Å². The zero-order chi connectivity index (χ0) is 32.6. The maximum Gasteiger partial charge on any atom is 0.268 e. The number of rotatable bonds is 7. The van der Waals surface area contributed by atoms with E-state index in [-0.39, 0.29) is 30.3 Å². The summed E-state index contributed by atoms with van der Waals surface area (Å²) in [5.74, 6) is -6.40. The van der Waals surface area contributed by atoms with Gasteiger partial charge in [0.1, 0.15) is 17.5 Å². The highest BCUT2D eigenvalue weighted by Gasteiger charge is 2.52. The molecule has 3 aromatic rings. The minimum atomic E-state index is -2.47. The summed E-state index contributed by atoms with van der Waals surface area (Å²) in [7, 11) is 0. The Labute approximate surface area is 260 Å². The van der Waals surface area contributed by atoms with Crippen LogP contribution in [0.15, 0.2) is 42.7 Å². The number of aliphatic hydroxyl groups is 1. The summed E-state index contributed by atoms with van der Waals surface area (Å²) < 4.78 is 74.6. The van der Waals surface area contributed by atoms with Crippen molar-refractivity contribution in [3.8, 4) is 0 Å². The average molecular weight is 647 g/mol. The Morgan fingerprint density at radius 3 is 2.39 bits per heavy atom. The van der Waals surface area contributed by atoms with Crippen molar-refractivity contribution in [2.24, 2.45) is 0 Å². The van der Waals surface area contributed by atoms with E-state index in [0.29, 0.717) is 57.3 Å². The molecule has 3 atom stereocenters. The van der Waals surface area contributed by atoms with Crippen molar-refractivity contribution in [3.63, 3.8) is 0 Å². The number of hydrogen-bond acceptors (Lipinski definition) is 8. The highest BCUT2D eigenvalue weighted by molar-refractivity contribution is 6.16. The van der Waals surface area contributed by atoms with Crippen molar-refractivity contribution in [1.29, 1.82) is 0 Å². The van der Waals surface area contributed by atoms with E-state index in [1.54, 1.807) is 0 Å². The lowest BCUT2D eigenvalue weighted by Gasteiger charge is -2.42. The molecule has 3 saturated heterocycles. The van der Waals surface area contributed by atoms with Gasteiger partial charge in [0.25, 0.3) is 11.8 Å². The maximum atomic E-state index is 14.2. The molecule has 10 nitrogen and oxygen atoms in total. The minimum Gasteiger partial charge on any atom is -0.372 e. The molecule has 2 N–H and O–H groups in total. The largest absolute Gasteiger partial charge is 0.372 e. The van der Waals surface area contributed by atoms with E-state index in [4.69, 9.17) is 4.74 Å². The Morgan fingerprint density at radius 1 is 0.957 bits per heavy atom. The van der Waals surface area contributed by atoms with Crippen LogP contribution in [0.2, 0.25) is 0 Å². The van der Waals surface area contributed by atoms with Crippen LogP contribution in [0.3, 0.4) is 0 Å². The first-order valence-corrected chi connectivity index (χ1v) is 14.9. The number of hydrogen-bond donors (Lipinski definition) is 2. The standard InChI is InChI=1S/C31H31F5N6O4/c32-19-1-3-24(34)23(12-19)26-4-2-21(17-46-26)40-7-9-41(10-8-40)30-38-15-22(16-39-30)42-6-5-31(45,29(42)44)28(43)37-14-18-11-20(33)13-25(35)27(18)36/h1,3,11-13,15-16,21,26,45H,2,4-10,14,17H2,(H,37,43)/t21-,26+,31?/m1/s1. The van der Waals surface area contributed by atoms with Crippen LogP contribution in [0, 0.1) is 29.1 Å². The molecule has 0 spiro atoms. The first-order chi connectivity index (χ1) is 22.0. The fourth-order valence-electron chi connectivity index (χ4n) is 6.16. The monoisotopic (exact) mass is 646 g/mol. The number of ether oxygens (including phenoxy) is 1. The number of carbonyl (C=O) groups is 2. The van der Waals surface area contributed by atoms with Crippen molar-refractivity contribution in [2.75, 3.05) is 49.1 Å². The summed E-state index contributed by atoms with van der Waals surface area (Å²) in [6.07, 6.45) is 3.44.